The maximum absolute atomic E-state index is 10.4. The maximum Gasteiger partial charge on any atom is 0.165 e. The normalized spacial score (nSPS) is 10.4. The summed E-state index contributed by atoms with van der Waals surface area (Å²) in [6.07, 6.45) is 0. The molecular formula is C17H20O3. The van der Waals surface area contributed by atoms with Gasteiger partial charge in [-0.2, -0.15) is 0 Å². The van der Waals surface area contributed by atoms with Gasteiger partial charge in [0.2, 0.25) is 0 Å². The van der Waals surface area contributed by atoms with Crippen LogP contribution in [0.4, 0.5) is 0 Å². The molecular weight excluding hydrogens is 252 g/mol. The van der Waals surface area contributed by atoms with E-state index < -0.39 is 0 Å². The molecule has 3 heteroatoms. The van der Waals surface area contributed by atoms with Crippen molar-refractivity contribution in [2.24, 2.45) is 0 Å². The van der Waals surface area contributed by atoms with Gasteiger partial charge in [0, 0.05) is 11.1 Å². The van der Waals surface area contributed by atoms with Crippen LogP contribution in [0, 0.1) is 20.8 Å². The van der Waals surface area contributed by atoms with Crippen LogP contribution in [-0.2, 0) is 0 Å². The molecule has 0 saturated carbocycles. The van der Waals surface area contributed by atoms with Crippen LogP contribution in [0.1, 0.15) is 16.7 Å². The number of hydrogen-bond donors (Lipinski definition) is 1. The van der Waals surface area contributed by atoms with Crippen molar-refractivity contribution in [2.45, 2.75) is 20.8 Å². The van der Waals surface area contributed by atoms with Crippen molar-refractivity contribution in [3.63, 3.8) is 0 Å². The molecule has 2 rings (SSSR count). The summed E-state index contributed by atoms with van der Waals surface area (Å²) in [6, 6.07) is 7.76. The van der Waals surface area contributed by atoms with Crippen LogP contribution in [0.25, 0.3) is 11.1 Å². The van der Waals surface area contributed by atoms with Gasteiger partial charge in [-0.3, -0.25) is 0 Å². The van der Waals surface area contributed by atoms with Crippen molar-refractivity contribution in [3.05, 3.63) is 41.0 Å². The van der Waals surface area contributed by atoms with Crippen LogP contribution in [0.5, 0.6) is 17.2 Å². The smallest absolute Gasteiger partial charge is 0.165 e. The van der Waals surface area contributed by atoms with Gasteiger partial charge in [0.15, 0.2) is 11.5 Å². The first-order chi connectivity index (χ1) is 9.47. The van der Waals surface area contributed by atoms with Gasteiger partial charge in [0.05, 0.1) is 14.2 Å². The van der Waals surface area contributed by atoms with Gasteiger partial charge < -0.3 is 14.6 Å². The van der Waals surface area contributed by atoms with E-state index in [1.54, 1.807) is 14.2 Å². The largest absolute Gasteiger partial charge is 0.504 e. The molecule has 0 spiro atoms. The van der Waals surface area contributed by atoms with Crippen LogP contribution in [0.2, 0.25) is 0 Å². The monoisotopic (exact) mass is 272 g/mol. The van der Waals surface area contributed by atoms with Gasteiger partial charge in [0.25, 0.3) is 0 Å². The second-order valence-corrected chi connectivity index (χ2v) is 5.00. The molecule has 3 nitrogen and oxygen atoms in total. The van der Waals surface area contributed by atoms with E-state index in [1.807, 2.05) is 45.0 Å². The van der Waals surface area contributed by atoms with Crippen LogP contribution >= 0.6 is 0 Å². The lowest BCUT2D eigenvalue weighted by Gasteiger charge is -2.15. The zero-order chi connectivity index (χ0) is 14.9. The highest BCUT2D eigenvalue weighted by molar-refractivity contribution is 5.79. The highest BCUT2D eigenvalue weighted by Gasteiger charge is 2.16. The van der Waals surface area contributed by atoms with E-state index in [-0.39, 0.29) is 5.75 Å². The minimum Gasteiger partial charge on any atom is -0.504 e. The number of ether oxygens (including phenoxy) is 2. The van der Waals surface area contributed by atoms with Gasteiger partial charge in [-0.25, -0.2) is 0 Å². The molecule has 0 bridgehead atoms. The maximum atomic E-state index is 10.4. The summed E-state index contributed by atoms with van der Waals surface area (Å²) >= 11 is 0. The molecule has 1 N–H and O–H groups in total. The zero-order valence-electron chi connectivity index (χ0n) is 12.6. The van der Waals surface area contributed by atoms with Crippen molar-refractivity contribution < 1.29 is 14.6 Å². The van der Waals surface area contributed by atoms with E-state index in [2.05, 4.69) is 0 Å². The molecule has 2 aromatic rings. The molecule has 2 aromatic carbocycles. The van der Waals surface area contributed by atoms with Crippen molar-refractivity contribution in [1.82, 2.24) is 0 Å². The Morgan fingerprint density at radius 2 is 1.35 bits per heavy atom. The van der Waals surface area contributed by atoms with Gasteiger partial charge >= 0.3 is 0 Å². The highest BCUT2D eigenvalue weighted by atomic mass is 16.5. The first-order valence-electron chi connectivity index (χ1n) is 6.51. The SMILES string of the molecule is COc1cc(C)c(C)cc1-c1cc(C)cc(OC)c1O. The number of aryl methyl sites for hydroxylation is 3. The lowest BCUT2D eigenvalue weighted by Crippen LogP contribution is -1.94. The molecule has 0 atom stereocenters. The Balaban J connectivity index is 2.74. The van der Waals surface area contributed by atoms with E-state index in [9.17, 15) is 5.11 Å². The Morgan fingerprint density at radius 1 is 0.750 bits per heavy atom. The second kappa shape index (κ2) is 5.45. The third kappa shape index (κ3) is 2.44. The van der Waals surface area contributed by atoms with Crippen LogP contribution in [0.3, 0.4) is 0 Å². The average Bonchev–Trinajstić information content (AvgIpc) is 2.43. The Bertz CT molecular complexity index is 645. The number of methoxy groups -OCH3 is 2. The predicted molar refractivity (Wildman–Crippen MR) is 80.9 cm³/mol. The Labute approximate surface area is 119 Å². The third-order valence-electron chi connectivity index (χ3n) is 3.55. The van der Waals surface area contributed by atoms with Gasteiger partial charge in [0.1, 0.15) is 5.75 Å². The van der Waals surface area contributed by atoms with E-state index in [4.69, 9.17) is 9.47 Å². The topological polar surface area (TPSA) is 38.7 Å². The minimum absolute atomic E-state index is 0.139. The standard InChI is InChI=1S/C17H20O3/c1-10-6-14(17(18)16(7-10)20-5)13-8-11(2)12(3)9-15(13)19-4/h6-9,18H,1-5H3. The molecule has 106 valence electrons. The molecule has 0 heterocycles. The molecule has 20 heavy (non-hydrogen) atoms. The van der Waals surface area contributed by atoms with Crippen molar-refractivity contribution in [1.29, 1.82) is 0 Å². The summed E-state index contributed by atoms with van der Waals surface area (Å²) in [6.45, 7) is 6.06. The summed E-state index contributed by atoms with van der Waals surface area (Å²) in [4.78, 5) is 0. The molecule has 0 amide bonds. The number of benzene rings is 2. The van der Waals surface area contributed by atoms with E-state index in [0.29, 0.717) is 5.75 Å². The Morgan fingerprint density at radius 3 is 1.95 bits per heavy atom. The van der Waals surface area contributed by atoms with Crippen LogP contribution in [0.15, 0.2) is 24.3 Å². The number of hydrogen-bond acceptors (Lipinski definition) is 3. The van der Waals surface area contributed by atoms with E-state index in [1.165, 1.54) is 0 Å². The summed E-state index contributed by atoms with van der Waals surface area (Å²) in [5.74, 6) is 1.36. The summed E-state index contributed by atoms with van der Waals surface area (Å²) < 4.78 is 10.7. The number of phenolic OH excluding ortho intramolecular Hbond substituents is 1. The van der Waals surface area contributed by atoms with E-state index in [0.717, 1.165) is 33.6 Å². The molecule has 0 aliphatic heterocycles. The summed E-state index contributed by atoms with van der Waals surface area (Å²) in [5.41, 5.74) is 4.93. The lowest BCUT2D eigenvalue weighted by atomic mass is 9.97. The quantitative estimate of drug-likeness (QED) is 0.917. The fraction of sp³-hybridized carbons (Fsp3) is 0.294. The second-order valence-electron chi connectivity index (χ2n) is 5.00. The number of phenols is 1. The highest BCUT2D eigenvalue weighted by Crippen LogP contribution is 2.42. The Kier molecular flexibility index (Phi) is 3.89. The van der Waals surface area contributed by atoms with Gasteiger partial charge in [-0.05, 0) is 61.7 Å². The van der Waals surface area contributed by atoms with Crippen molar-refractivity contribution >= 4 is 0 Å². The van der Waals surface area contributed by atoms with Crippen molar-refractivity contribution in [2.75, 3.05) is 14.2 Å². The van der Waals surface area contributed by atoms with Crippen LogP contribution in [-0.4, -0.2) is 19.3 Å². The number of rotatable bonds is 3. The minimum atomic E-state index is 0.139. The molecule has 0 aliphatic rings. The molecule has 0 aromatic heterocycles. The summed E-state index contributed by atoms with van der Waals surface area (Å²) in [5, 5.41) is 10.4. The number of aromatic hydroxyl groups is 1. The zero-order valence-corrected chi connectivity index (χ0v) is 12.6. The lowest BCUT2D eigenvalue weighted by molar-refractivity contribution is 0.373. The molecule has 0 unspecified atom stereocenters. The third-order valence-corrected chi connectivity index (χ3v) is 3.55. The van der Waals surface area contributed by atoms with Crippen LogP contribution < -0.4 is 9.47 Å². The molecule has 0 radical (unpaired) electrons. The molecule has 0 fully saturated rings. The first kappa shape index (κ1) is 14.3. The first-order valence-corrected chi connectivity index (χ1v) is 6.51. The average molecular weight is 272 g/mol. The van der Waals surface area contributed by atoms with Gasteiger partial charge in [-0.1, -0.05) is 0 Å². The predicted octanol–water partition coefficient (Wildman–Crippen LogP) is 4.00. The van der Waals surface area contributed by atoms with Gasteiger partial charge in [-0.15, -0.1) is 0 Å². The molecule has 0 saturated heterocycles. The Hall–Kier alpha value is -2.16. The fourth-order valence-electron chi connectivity index (χ4n) is 2.28. The fourth-order valence-corrected chi connectivity index (χ4v) is 2.28. The molecule has 0 aliphatic carbocycles. The van der Waals surface area contributed by atoms with E-state index >= 15 is 0 Å². The van der Waals surface area contributed by atoms with Crippen molar-refractivity contribution in [3.8, 4) is 28.4 Å². The summed E-state index contributed by atoms with van der Waals surface area (Å²) in [7, 11) is 3.19.